The Morgan fingerprint density at radius 1 is 0.955 bits per heavy atom. The van der Waals surface area contributed by atoms with Crippen molar-refractivity contribution < 1.29 is 28.7 Å². The van der Waals surface area contributed by atoms with Crippen LogP contribution in [0.5, 0.6) is 0 Å². The van der Waals surface area contributed by atoms with E-state index in [1.807, 2.05) is 0 Å². The van der Waals surface area contributed by atoms with E-state index in [2.05, 4.69) is 71.2 Å². The number of rotatable bonds is 7. The number of nitrogens with zero attached hydrogens (tertiary/aromatic N) is 2. The topological polar surface area (TPSA) is 157 Å². The number of hydrogen-bond acceptors (Lipinski definition) is 4. The van der Waals surface area contributed by atoms with Crippen molar-refractivity contribution in [2.45, 2.75) is 50.8 Å². The number of hydrogen-bond donors (Lipinski definition) is 2. The minimum atomic E-state index is -4.00. The number of carbonyl (C=O) groups excluding carboxylic acids is 1. The molecular formula is C34H45N3O6S. The summed E-state index contributed by atoms with van der Waals surface area (Å²) < 4.78 is 29.2. The van der Waals surface area contributed by atoms with E-state index in [1.165, 1.54) is 71.1 Å². The SMILES string of the molecule is Cc1cc2c(cc1C)C(=O)N(CC1CCCN(CCCc3c[nH]c4ccccc34)C1)CC2.O.O.O=S(=O)(O)c1ccccc1. The van der Waals surface area contributed by atoms with Crippen molar-refractivity contribution in [2.24, 2.45) is 5.92 Å². The van der Waals surface area contributed by atoms with Crippen LogP contribution in [0.4, 0.5) is 0 Å². The maximum Gasteiger partial charge on any atom is 0.294 e. The molecule has 4 aromatic rings. The molecule has 1 aromatic heterocycles. The Morgan fingerprint density at radius 3 is 2.39 bits per heavy atom. The van der Waals surface area contributed by atoms with Crippen LogP contribution in [0.3, 0.4) is 0 Å². The average molecular weight is 624 g/mol. The highest BCUT2D eigenvalue weighted by molar-refractivity contribution is 7.85. The first-order valence-electron chi connectivity index (χ1n) is 14.9. The Morgan fingerprint density at radius 2 is 1.66 bits per heavy atom. The zero-order valence-electron chi connectivity index (χ0n) is 25.6. The van der Waals surface area contributed by atoms with Crippen LogP contribution in [0.2, 0.25) is 0 Å². The summed E-state index contributed by atoms with van der Waals surface area (Å²) in [6.07, 6.45) is 7.95. The lowest BCUT2D eigenvalue weighted by atomic mass is 9.92. The summed E-state index contributed by atoms with van der Waals surface area (Å²) in [4.78, 5) is 21.2. The number of fused-ring (bicyclic) bond motifs is 2. The van der Waals surface area contributed by atoms with Gasteiger partial charge in [-0.3, -0.25) is 9.35 Å². The van der Waals surface area contributed by atoms with Crippen molar-refractivity contribution >= 4 is 26.9 Å². The van der Waals surface area contributed by atoms with E-state index in [0.717, 1.165) is 44.6 Å². The van der Waals surface area contributed by atoms with Gasteiger partial charge in [0.25, 0.3) is 16.0 Å². The van der Waals surface area contributed by atoms with Crippen LogP contribution < -0.4 is 0 Å². The van der Waals surface area contributed by atoms with Gasteiger partial charge in [0, 0.05) is 42.3 Å². The molecule has 2 aliphatic heterocycles. The van der Waals surface area contributed by atoms with Crippen molar-refractivity contribution in [3.63, 3.8) is 0 Å². The molecule has 0 spiro atoms. The molecule has 1 saturated heterocycles. The molecule has 3 heterocycles. The van der Waals surface area contributed by atoms with E-state index in [1.54, 1.807) is 18.2 Å². The number of H-pyrrole nitrogens is 1. The minimum Gasteiger partial charge on any atom is -0.412 e. The number of piperidine rings is 1. The number of para-hydroxylation sites is 1. The molecule has 0 aliphatic carbocycles. The van der Waals surface area contributed by atoms with Gasteiger partial charge < -0.3 is 25.7 Å². The molecule has 0 saturated carbocycles. The van der Waals surface area contributed by atoms with Gasteiger partial charge in [-0.1, -0.05) is 42.5 Å². The normalized spacial score (nSPS) is 16.8. The van der Waals surface area contributed by atoms with Crippen LogP contribution in [0.25, 0.3) is 10.9 Å². The Hall–Kier alpha value is -3.54. The summed E-state index contributed by atoms with van der Waals surface area (Å²) in [7, 11) is -4.00. The molecule has 2 aliphatic rings. The Bertz CT molecular complexity index is 1640. The molecule has 1 atom stereocenters. The number of amides is 1. The fraction of sp³-hybridized carbons (Fsp3) is 0.382. The van der Waals surface area contributed by atoms with Crippen molar-refractivity contribution in [2.75, 3.05) is 32.7 Å². The third-order valence-corrected chi connectivity index (χ3v) is 9.47. The number of aryl methyl sites for hydroxylation is 3. The molecule has 0 bridgehead atoms. The highest BCUT2D eigenvalue weighted by atomic mass is 32.2. The second-order valence-electron chi connectivity index (χ2n) is 11.7. The predicted octanol–water partition coefficient (Wildman–Crippen LogP) is 4.41. The van der Waals surface area contributed by atoms with E-state index in [-0.39, 0.29) is 21.8 Å². The molecule has 1 amide bonds. The van der Waals surface area contributed by atoms with Crippen LogP contribution in [-0.4, -0.2) is 77.3 Å². The van der Waals surface area contributed by atoms with E-state index in [9.17, 15) is 13.2 Å². The van der Waals surface area contributed by atoms with Crippen molar-refractivity contribution in [1.29, 1.82) is 0 Å². The Balaban J connectivity index is 0.000000379. The van der Waals surface area contributed by atoms with Gasteiger partial charge in [-0.05, 0) is 111 Å². The minimum absolute atomic E-state index is 0. The number of carbonyl (C=O) groups is 1. The van der Waals surface area contributed by atoms with Crippen LogP contribution in [-0.2, 0) is 23.0 Å². The van der Waals surface area contributed by atoms with Gasteiger partial charge in [0.15, 0.2) is 0 Å². The molecule has 1 fully saturated rings. The maximum absolute atomic E-state index is 13.2. The van der Waals surface area contributed by atoms with Gasteiger partial charge in [-0.25, -0.2) is 0 Å². The quantitative estimate of drug-likeness (QED) is 0.292. The lowest BCUT2D eigenvalue weighted by Gasteiger charge is -2.37. The van der Waals surface area contributed by atoms with Crippen LogP contribution in [0, 0.1) is 19.8 Å². The van der Waals surface area contributed by atoms with E-state index < -0.39 is 10.1 Å². The van der Waals surface area contributed by atoms with E-state index in [4.69, 9.17) is 4.55 Å². The van der Waals surface area contributed by atoms with Crippen molar-refractivity contribution in [1.82, 2.24) is 14.8 Å². The molecule has 44 heavy (non-hydrogen) atoms. The third kappa shape index (κ3) is 8.55. The van der Waals surface area contributed by atoms with Crippen molar-refractivity contribution in [3.8, 4) is 0 Å². The number of aromatic nitrogens is 1. The lowest BCUT2D eigenvalue weighted by Crippen LogP contribution is -2.45. The molecule has 6 N–H and O–H groups in total. The monoisotopic (exact) mass is 623 g/mol. The highest BCUT2D eigenvalue weighted by Gasteiger charge is 2.29. The molecule has 0 radical (unpaired) electrons. The molecule has 238 valence electrons. The fourth-order valence-electron chi connectivity index (χ4n) is 6.22. The van der Waals surface area contributed by atoms with Gasteiger partial charge in [0.1, 0.15) is 0 Å². The number of aromatic amines is 1. The summed E-state index contributed by atoms with van der Waals surface area (Å²) in [5.74, 6) is 0.833. The largest absolute Gasteiger partial charge is 0.412 e. The molecule has 3 aromatic carbocycles. The standard InChI is InChI=1S/C28H35N3O.C6H6O3S.2H2O/c1-20-15-23-11-14-31(28(32)26(23)16-21(20)2)19-22-7-5-12-30(18-22)13-6-8-24-17-29-27-10-4-3-9-25(24)27;7-10(8,9)6-4-2-1-3-5-6;;/h3-4,9-10,15-17,22,29H,5-8,11-14,18-19H2,1-2H3;1-5H,(H,7,8,9);2*1H2. The summed E-state index contributed by atoms with van der Waals surface area (Å²) >= 11 is 0. The molecule has 6 rings (SSSR count). The Kier molecular flexibility index (Phi) is 12.3. The first kappa shape index (κ1) is 34.9. The fourth-order valence-corrected chi connectivity index (χ4v) is 6.72. The van der Waals surface area contributed by atoms with Crippen molar-refractivity contribution in [3.05, 3.63) is 101 Å². The van der Waals surface area contributed by atoms with E-state index >= 15 is 0 Å². The summed E-state index contributed by atoms with van der Waals surface area (Å²) in [5, 5.41) is 1.36. The van der Waals surface area contributed by atoms with Crippen LogP contribution in [0.15, 0.2) is 77.8 Å². The highest BCUT2D eigenvalue weighted by Crippen LogP contribution is 2.26. The molecule has 10 heteroatoms. The van der Waals surface area contributed by atoms with Gasteiger partial charge >= 0.3 is 0 Å². The zero-order valence-corrected chi connectivity index (χ0v) is 26.4. The second kappa shape index (κ2) is 15.5. The smallest absolute Gasteiger partial charge is 0.294 e. The van der Waals surface area contributed by atoms with Gasteiger partial charge in [0.05, 0.1) is 4.90 Å². The zero-order chi connectivity index (χ0) is 29.7. The van der Waals surface area contributed by atoms with E-state index in [0.29, 0.717) is 5.92 Å². The van der Waals surface area contributed by atoms with Crippen LogP contribution in [0.1, 0.15) is 51.9 Å². The first-order valence-corrected chi connectivity index (χ1v) is 16.3. The number of nitrogens with one attached hydrogen (secondary N) is 1. The van der Waals surface area contributed by atoms with Gasteiger partial charge in [0.2, 0.25) is 0 Å². The molecule has 9 nitrogen and oxygen atoms in total. The Labute approximate surface area is 260 Å². The lowest BCUT2D eigenvalue weighted by molar-refractivity contribution is 0.0661. The van der Waals surface area contributed by atoms with Gasteiger partial charge in [-0.2, -0.15) is 8.42 Å². The number of likely N-dealkylation sites (tertiary alicyclic amines) is 1. The second-order valence-corrected chi connectivity index (χ2v) is 13.1. The van der Waals surface area contributed by atoms with Crippen LogP contribution >= 0.6 is 0 Å². The molecule has 1 unspecified atom stereocenters. The number of benzene rings is 3. The summed E-state index contributed by atoms with van der Waals surface area (Å²) in [6, 6.07) is 20.3. The average Bonchev–Trinajstić information content (AvgIpc) is 3.39. The maximum atomic E-state index is 13.2. The third-order valence-electron chi connectivity index (χ3n) is 8.61. The summed E-state index contributed by atoms with van der Waals surface area (Å²) in [5.41, 5.74) is 7.34. The van der Waals surface area contributed by atoms with Gasteiger partial charge in [-0.15, -0.1) is 0 Å². The molecular weight excluding hydrogens is 578 g/mol. The predicted molar refractivity (Wildman–Crippen MR) is 175 cm³/mol. The summed E-state index contributed by atoms with van der Waals surface area (Å²) in [6.45, 7) is 9.48. The first-order chi connectivity index (χ1) is 20.2.